The second-order valence-electron chi connectivity index (χ2n) is 6.12. The van der Waals surface area contributed by atoms with E-state index in [-0.39, 0.29) is 5.54 Å². The molecule has 1 fully saturated rings. The standard InChI is InChI=1S/C13H25NO/c1-10(2)6-7-11-8-9-14(12(11)15)13(3,4)5/h10-11H,6-9H2,1-5H3. The monoisotopic (exact) mass is 211 g/mol. The van der Waals surface area contributed by atoms with Crippen LogP contribution in [0.25, 0.3) is 0 Å². The highest BCUT2D eigenvalue weighted by molar-refractivity contribution is 5.81. The summed E-state index contributed by atoms with van der Waals surface area (Å²) in [6.45, 7) is 11.8. The Morgan fingerprint density at radius 3 is 2.40 bits per heavy atom. The maximum absolute atomic E-state index is 12.1. The number of carbonyl (C=O) groups is 1. The molecule has 1 saturated heterocycles. The van der Waals surface area contributed by atoms with E-state index in [0.717, 1.165) is 19.4 Å². The first-order chi connectivity index (χ1) is 6.82. The molecule has 2 heteroatoms. The summed E-state index contributed by atoms with van der Waals surface area (Å²) < 4.78 is 0. The second-order valence-corrected chi connectivity index (χ2v) is 6.12. The second kappa shape index (κ2) is 4.54. The molecule has 1 rings (SSSR count). The Labute approximate surface area is 94.0 Å². The zero-order valence-electron chi connectivity index (χ0n) is 10.8. The summed E-state index contributed by atoms with van der Waals surface area (Å²) in [5.74, 6) is 1.39. The molecular weight excluding hydrogens is 186 g/mol. The molecule has 1 aliphatic heterocycles. The van der Waals surface area contributed by atoms with Crippen LogP contribution in [0.1, 0.15) is 53.9 Å². The average Bonchev–Trinajstić information content (AvgIpc) is 2.42. The largest absolute Gasteiger partial charge is 0.338 e. The highest BCUT2D eigenvalue weighted by Gasteiger charge is 2.36. The van der Waals surface area contributed by atoms with E-state index in [4.69, 9.17) is 0 Å². The summed E-state index contributed by atoms with van der Waals surface area (Å²) in [5, 5.41) is 0. The van der Waals surface area contributed by atoms with Crippen molar-refractivity contribution in [3.8, 4) is 0 Å². The number of likely N-dealkylation sites (tertiary alicyclic amines) is 1. The Balaban J connectivity index is 2.50. The van der Waals surface area contributed by atoms with Crippen molar-refractivity contribution in [2.45, 2.75) is 59.4 Å². The molecule has 0 radical (unpaired) electrons. The quantitative estimate of drug-likeness (QED) is 0.702. The molecule has 15 heavy (non-hydrogen) atoms. The van der Waals surface area contributed by atoms with Gasteiger partial charge in [-0.05, 0) is 39.5 Å². The number of hydrogen-bond acceptors (Lipinski definition) is 1. The molecule has 1 unspecified atom stereocenters. The molecule has 0 saturated carbocycles. The third-order valence-electron chi connectivity index (χ3n) is 3.22. The van der Waals surface area contributed by atoms with Gasteiger partial charge in [-0.3, -0.25) is 4.79 Å². The van der Waals surface area contributed by atoms with Crippen LogP contribution >= 0.6 is 0 Å². The van der Waals surface area contributed by atoms with Crippen LogP contribution in [-0.4, -0.2) is 22.9 Å². The van der Waals surface area contributed by atoms with Crippen molar-refractivity contribution in [2.75, 3.05) is 6.54 Å². The lowest BCUT2D eigenvalue weighted by atomic mass is 9.96. The van der Waals surface area contributed by atoms with Crippen LogP contribution in [0.15, 0.2) is 0 Å². The van der Waals surface area contributed by atoms with Crippen LogP contribution < -0.4 is 0 Å². The van der Waals surface area contributed by atoms with Crippen molar-refractivity contribution < 1.29 is 4.79 Å². The third kappa shape index (κ3) is 3.22. The molecule has 0 spiro atoms. The van der Waals surface area contributed by atoms with Gasteiger partial charge >= 0.3 is 0 Å². The summed E-state index contributed by atoms with van der Waals surface area (Å²) in [7, 11) is 0. The number of nitrogens with zero attached hydrogens (tertiary/aromatic N) is 1. The van der Waals surface area contributed by atoms with Crippen LogP contribution in [-0.2, 0) is 4.79 Å². The van der Waals surface area contributed by atoms with Crippen LogP contribution in [0.4, 0.5) is 0 Å². The highest BCUT2D eigenvalue weighted by atomic mass is 16.2. The van der Waals surface area contributed by atoms with Gasteiger partial charge in [0.1, 0.15) is 0 Å². The first-order valence-electron chi connectivity index (χ1n) is 6.14. The van der Waals surface area contributed by atoms with Gasteiger partial charge in [-0.15, -0.1) is 0 Å². The van der Waals surface area contributed by atoms with Gasteiger partial charge in [0.2, 0.25) is 5.91 Å². The van der Waals surface area contributed by atoms with Crippen molar-refractivity contribution in [2.24, 2.45) is 11.8 Å². The van der Waals surface area contributed by atoms with E-state index in [1.165, 1.54) is 6.42 Å². The number of amides is 1. The van der Waals surface area contributed by atoms with E-state index in [1.807, 2.05) is 4.90 Å². The minimum Gasteiger partial charge on any atom is -0.338 e. The van der Waals surface area contributed by atoms with Gasteiger partial charge in [-0.1, -0.05) is 20.3 Å². The van der Waals surface area contributed by atoms with Crippen molar-refractivity contribution in [3.63, 3.8) is 0 Å². The molecule has 1 atom stereocenters. The maximum Gasteiger partial charge on any atom is 0.226 e. The van der Waals surface area contributed by atoms with E-state index in [2.05, 4.69) is 34.6 Å². The smallest absolute Gasteiger partial charge is 0.226 e. The van der Waals surface area contributed by atoms with E-state index in [1.54, 1.807) is 0 Å². The molecule has 1 aliphatic rings. The molecule has 0 aromatic rings. The molecule has 1 heterocycles. The summed E-state index contributed by atoms with van der Waals surface area (Å²) in [6, 6.07) is 0. The zero-order chi connectivity index (χ0) is 11.6. The molecule has 0 N–H and O–H groups in total. The van der Waals surface area contributed by atoms with Crippen LogP contribution in [0.5, 0.6) is 0 Å². The number of hydrogen-bond donors (Lipinski definition) is 0. The van der Waals surface area contributed by atoms with Crippen LogP contribution in [0, 0.1) is 11.8 Å². The van der Waals surface area contributed by atoms with Gasteiger partial charge in [0.25, 0.3) is 0 Å². The van der Waals surface area contributed by atoms with Gasteiger partial charge in [-0.2, -0.15) is 0 Å². The van der Waals surface area contributed by atoms with E-state index in [9.17, 15) is 4.79 Å². The average molecular weight is 211 g/mol. The summed E-state index contributed by atoms with van der Waals surface area (Å²) >= 11 is 0. The molecule has 0 aliphatic carbocycles. The zero-order valence-corrected chi connectivity index (χ0v) is 10.8. The summed E-state index contributed by atoms with van der Waals surface area (Å²) in [5.41, 5.74) is 0.00363. The van der Waals surface area contributed by atoms with E-state index in [0.29, 0.717) is 17.7 Å². The Hall–Kier alpha value is -0.530. The first-order valence-corrected chi connectivity index (χ1v) is 6.14. The molecular formula is C13H25NO. The van der Waals surface area contributed by atoms with Crippen molar-refractivity contribution in [1.29, 1.82) is 0 Å². The molecule has 1 amide bonds. The van der Waals surface area contributed by atoms with Gasteiger partial charge in [0.15, 0.2) is 0 Å². The van der Waals surface area contributed by atoms with Gasteiger partial charge in [0, 0.05) is 18.0 Å². The molecule has 0 bridgehead atoms. The minimum absolute atomic E-state index is 0.00363. The highest BCUT2D eigenvalue weighted by Crippen LogP contribution is 2.29. The lowest BCUT2D eigenvalue weighted by Gasteiger charge is -2.32. The SMILES string of the molecule is CC(C)CCC1CCN(C(C)(C)C)C1=O. The predicted octanol–water partition coefficient (Wildman–Crippen LogP) is 3.07. The van der Waals surface area contributed by atoms with Gasteiger partial charge in [-0.25, -0.2) is 0 Å². The topological polar surface area (TPSA) is 20.3 Å². The Morgan fingerprint density at radius 1 is 1.40 bits per heavy atom. The van der Waals surface area contributed by atoms with Crippen LogP contribution in [0.3, 0.4) is 0 Å². The number of carbonyl (C=O) groups excluding carboxylic acids is 1. The maximum atomic E-state index is 12.1. The Kier molecular flexibility index (Phi) is 3.80. The molecule has 88 valence electrons. The van der Waals surface area contributed by atoms with Crippen molar-refractivity contribution in [3.05, 3.63) is 0 Å². The lowest BCUT2D eigenvalue weighted by molar-refractivity contribution is -0.135. The summed E-state index contributed by atoms with van der Waals surface area (Å²) in [6.07, 6.45) is 3.31. The fourth-order valence-electron chi connectivity index (χ4n) is 2.21. The van der Waals surface area contributed by atoms with Gasteiger partial charge in [0.05, 0.1) is 0 Å². The van der Waals surface area contributed by atoms with E-state index < -0.39 is 0 Å². The Bertz CT molecular complexity index is 227. The lowest BCUT2D eigenvalue weighted by Crippen LogP contribution is -2.43. The van der Waals surface area contributed by atoms with Crippen LogP contribution in [0.2, 0.25) is 0 Å². The van der Waals surface area contributed by atoms with E-state index >= 15 is 0 Å². The molecule has 0 aromatic carbocycles. The normalized spacial score (nSPS) is 22.9. The van der Waals surface area contributed by atoms with Crippen molar-refractivity contribution in [1.82, 2.24) is 4.90 Å². The predicted molar refractivity (Wildman–Crippen MR) is 63.6 cm³/mol. The summed E-state index contributed by atoms with van der Waals surface area (Å²) in [4.78, 5) is 14.1. The Morgan fingerprint density at radius 2 is 2.00 bits per heavy atom. The van der Waals surface area contributed by atoms with Gasteiger partial charge < -0.3 is 4.90 Å². The first kappa shape index (κ1) is 12.5. The fraction of sp³-hybridized carbons (Fsp3) is 0.923. The number of rotatable bonds is 3. The fourth-order valence-corrected chi connectivity index (χ4v) is 2.21. The molecule has 2 nitrogen and oxygen atoms in total. The van der Waals surface area contributed by atoms with Crippen molar-refractivity contribution >= 4 is 5.91 Å². The molecule has 0 aromatic heterocycles. The third-order valence-corrected chi connectivity index (χ3v) is 3.22. The minimum atomic E-state index is 0.00363.